The lowest BCUT2D eigenvalue weighted by molar-refractivity contribution is 0.0874. The van der Waals surface area contributed by atoms with Gasteiger partial charge in [0.1, 0.15) is 0 Å². The largest absolute Gasteiger partial charge is 0.329 e. The smallest absolute Gasteiger partial charge is 0.0221 e. The minimum Gasteiger partial charge on any atom is -0.329 e. The van der Waals surface area contributed by atoms with Crippen molar-refractivity contribution in [1.82, 2.24) is 9.80 Å². The van der Waals surface area contributed by atoms with Crippen LogP contribution in [-0.2, 0) is 0 Å². The Kier molecular flexibility index (Phi) is 4.62. The number of rotatable bonds is 4. The summed E-state index contributed by atoms with van der Waals surface area (Å²) in [5, 5.41) is 0. The van der Waals surface area contributed by atoms with Crippen molar-refractivity contribution in [3.63, 3.8) is 0 Å². The third kappa shape index (κ3) is 2.96. The predicted molar refractivity (Wildman–Crippen MR) is 68.5 cm³/mol. The van der Waals surface area contributed by atoms with Crippen LogP contribution >= 0.6 is 0 Å². The number of likely N-dealkylation sites (N-methyl/N-ethyl adjacent to an activating group) is 1. The highest BCUT2D eigenvalue weighted by molar-refractivity contribution is 4.85. The number of likely N-dealkylation sites (tertiary alicyclic amines) is 1. The Hall–Kier alpha value is -0.120. The molecule has 3 heteroatoms. The van der Waals surface area contributed by atoms with E-state index in [0.717, 1.165) is 25.2 Å². The van der Waals surface area contributed by atoms with Crippen LogP contribution in [0, 0.1) is 0 Å². The molecule has 1 aliphatic heterocycles. The molecule has 0 radical (unpaired) electrons. The van der Waals surface area contributed by atoms with Gasteiger partial charge in [0, 0.05) is 31.7 Å². The van der Waals surface area contributed by atoms with Crippen LogP contribution in [0.1, 0.15) is 38.5 Å². The third-order valence-corrected chi connectivity index (χ3v) is 4.37. The molecule has 1 saturated heterocycles. The zero-order valence-electron chi connectivity index (χ0n) is 10.7. The van der Waals surface area contributed by atoms with Gasteiger partial charge in [-0.3, -0.25) is 4.90 Å². The maximum atomic E-state index is 5.64. The minimum absolute atomic E-state index is 0.748. The molecule has 1 aliphatic carbocycles. The van der Waals surface area contributed by atoms with Crippen molar-refractivity contribution in [2.24, 2.45) is 5.73 Å². The van der Waals surface area contributed by atoms with Crippen LogP contribution < -0.4 is 5.73 Å². The van der Waals surface area contributed by atoms with E-state index in [1.54, 1.807) is 0 Å². The van der Waals surface area contributed by atoms with Crippen molar-refractivity contribution >= 4 is 0 Å². The summed E-state index contributed by atoms with van der Waals surface area (Å²) in [7, 11) is 2.23. The molecule has 1 heterocycles. The Morgan fingerprint density at radius 1 is 1.19 bits per heavy atom. The Morgan fingerprint density at radius 2 is 1.94 bits per heavy atom. The Morgan fingerprint density at radius 3 is 2.62 bits per heavy atom. The van der Waals surface area contributed by atoms with Crippen LogP contribution in [-0.4, -0.2) is 55.1 Å². The molecule has 1 atom stereocenters. The molecule has 94 valence electrons. The lowest BCUT2D eigenvalue weighted by Crippen LogP contribution is -2.50. The van der Waals surface area contributed by atoms with Crippen molar-refractivity contribution in [2.45, 2.75) is 50.6 Å². The van der Waals surface area contributed by atoms with E-state index in [9.17, 15) is 0 Å². The van der Waals surface area contributed by atoms with Gasteiger partial charge in [-0.15, -0.1) is 0 Å². The molecule has 1 saturated carbocycles. The maximum Gasteiger partial charge on any atom is 0.0221 e. The second kappa shape index (κ2) is 5.99. The fourth-order valence-electron chi connectivity index (χ4n) is 3.33. The topological polar surface area (TPSA) is 32.5 Å². The normalized spacial score (nSPS) is 29.1. The lowest BCUT2D eigenvalue weighted by Gasteiger charge is -2.40. The Labute approximate surface area is 100.0 Å². The van der Waals surface area contributed by atoms with Gasteiger partial charge in [0.2, 0.25) is 0 Å². The molecule has 0 aromatic rings. The summed E-state index contributed by atoms with van der Waals surface area (Å²) < 4.78 is 0. The molecule has 2 rings (SSSR count). The number of nitrogens with two attached hydrogens (primary N) is 1. The SMILES string of the molecule is CN(CCN)C1CCCN(C2CCCC2)C1. The number of piperidine rings is 1. The standard InChI is InChI=1S/C13H27N3/c1-15(10-8-14)13-7-4-9-16(11-13)12-5-2-3-6-12/h12-13H,2-11,14H2,1H3. The van der Waals surface area contributed by atoms with Crippen LogP contribution in [0.4, 0.5) is 0 Å². The van der Waals surface area contributed by atoms with Crippen molar-refractivity contribution in [1.29, 1.82) is 0 Å². The van der Waals surface area contributed by atoms with Crippen molar-refractivity contribution in [3.05, 3.63) is 0 Å². The molecule has 1 unspecified atom stereocenters. The van der Waals surface area contributed by atoms with E-state index in [1.165, 1.54) is 51.6 Å². The van der Waals surface area contributed by atoms with Gasteiger partial charge in [-0.05, 0) is 39.3 Å². The quantitative estimate of drug-likeness (QED) is 0.782. The summed E-state index contributed by atoms with van der Waals surface area (Å²) in [6.45, 7) is 4.44. The van der Waals surface area contributed by atoms with Crippen LogP contribution in [0.2, 0.25) is 0 Å². The van der Waals surface area contributed by atoms with Gasteiger partial charge in [0.25, 0.3) is 0 Å². The van der Waals surface area contributed by atoms with Gasteiger partial charge in [-0.25, -0.2) is 0 Å². The van der Waals surface area contributed by atoms with Crippen LogP contribution in [0.15, 0.2) is 0 Å². The van der Waals surface area contributed by atoms with E-state index < -0.39 is 0 Å². The minimum atomic E-state index is 0.748. The second-order valence-corrected chi connectivity index (χ2v) is 5.50. The van der Waals surface area contributed by atoms with Gasteiger partial charge in [0.05, 0.1) is 0 Å². The molecule has 2 aliphatic rings. The van der Waals surface area contributed by atoms with Crippen molar-refractivity contribution in [3.8, 4) is 0 Å². The van der Waals surface area contributed by atoms with Crippen LogP contribution in [0.25, 0.3) is 0 Å². The first kappa shape index (κ1) is 12.3. The molecule has 3 nitrogen and oxygen atoms in total. The molecule has 16 heavy (non-hydrogen) atoms. The fourth-order valence-corrected chi connectivity index (χ4v) is 3.33. The lowest BCUT2D eigenvalue weighted by atomic mass is 10.0. The second-order valence-electron chi connectivity index (χ2n) is 5.50. The average molecular weight is 225 g/mol. The number of hydrogen-bond acceptors (Lipinski definition) is 3. The van der Waals surface area contributed by atoms with Gasteiger partial charge in [0.15, 0.2) is 0 Å². The van der Waals surface area contributed by atoms with Crippen molar-refractivity contribution < 1.29 is 0 Å². The van der Waals surface area contributed by atoms with E-state index in [0.29, 0.717) is 0 Å². The molecule has 0 spiro atoms. The highest BCUT2D eigenvalue weighted by Gasteiger charge is 2.29. The van der Waals surface area contributed by atoms with Gasteiger partial charge in [-0.1, -0.05) is 12.8 Å². The summed E-state index contributed by atoms with van der Waals surface area (Å²) in [6, 6.07) is 1.65. The summed E-state index contributed by atoms with van der Waals surface area (Å²) in [5.74, 6) is 0. The zero-order valence-corrected chi connectivity index (χ0v) is 10.7. The van der Waals surface area contributed by atoms with Gasteiger partial charge in [-0.2, -0.15) is 0 Å². The molecular weight excluding hydrogens is 198 g/mol. The summed E-state index contributed by atoms with van der Waals surface area (Å²) >= 11 is 0. The highest BCUT2D eigenvalue weighted by atomic mass is 15.2. The predicted octanol–water partition coefficient (Wildman–Crippen LogP) is 1.28. The highest BCUT2D eigenvalue weighted by Crippen LogP contribution is 2.27. The van der Waals surface area contributed by atoms with Crippen LogP contribution in [0.5, 0.6) is 0 Å². The zero-order chi connectivity index (χ0) is 11.4. The van der Waals surface area contributed by atoms with Gasteiger partial charge < -0.3 is 10.6 Å². The average Bonchev–Trinajstić information content (AvgIpc) is 2.83. The maximum absolute atomic E-state index is 5.64. The van der Waals surface area contributed by atoms with Crippen LogP contribution in [0.3, 0.4) is 0 Å². The Balaban J connectivity index is 1.83. The molecule has 2 N–H and O–H groups in total. The monoisotopic (exact) mass is 225 g/mol. The van der Waals surface area contributed by atoms with Crippen molar-refractivity contribution in [2.75, 3.05) is 33.2 Å². The molecule has 0 bridgehead atoms. The van der Waals surface area contributed by atoms with E-state index in [2.05, 4.69) is 16.8 Å². The third-order valence-electron chi connectivity index (χ3n) is 4.37. The molecule has 0 aromatic carbocycles. The molecule has 2 fully saturated rings. The molecule has 0 aromatic heterocycles. The van der Waals surface area contributed by atoms with E-state index in [1.807, 2.05) is 0 Å². The molecular formula is C13H27N3. The molecule has 0 amide bonds. The van der Waals surface area contributed by atoms with E-state index in [-0.39, 0.29) is 0 Å². The first-order chi connectivity index (χ1) is 7.81. The summed E-state index contributed by atoms with van der Waals surface area (Å²) in [6.07, 6.45) is 8.51. The Bertz CT molecular complexity index is 201. The number of hydrogen-bond donors (Lipinski definition) is 1. The first-order valence-electron chi connectivity index (χ1n) is 6.95. The summed E-state index contributed by atoms with van der Waals surface area (Å²) in [5.41, 5.74) is 5.64. The van der Waals surface area contributed by atoms with E-state index >= 15 is 0 Å². The number of nitrogens with zero attached hydrogens (tertiary/aromatic N) is 2. The first-order valence-corrected chi connectivity index (χ1v) is 6.95. The van der Waals surface area contributed by atoms with Gasteiger partial charge >= 0.3 is 0 Å². The summed E-state index contributed by atoms with van der Waals surface area (Å²) in [4.78, 5) is 5.20. The van der Waals surface area contributed by atoms with E-state index in [4.69, 9.17) is 5.73 Å². The fraction of sp³-hybridized carbons (Fsp3) is 1.00.